The van der Waals surface area contributed by atoms with Gasteiger partial charge < -0.3 is 15.1 Å². The van der Waals surface area contributed by atoms with E-state index >= 15 is 0 Å². The molecule has 2 rings (SSSR count). The molecular formula is C17H29N3. The summed E-state index contributed by atoms with van der Waals surface area (Å²) in [5.74, 6) is 0. The molecule has 3 nitrogen and oxygen atoms in total. The van der Waals surface area contributed by atoms with Crippen molar-refractivity contribution in [2.45, 2.75) is 38.8 Å². The molecule has 1 aromatic rings. The fraction of sp³-hybridized carbons (Fsp3) is 0.647. The first-order valence-electron chi connectivity index (χ1n) is 7.90. The third kappa shape index (κ3) is 4.50. The molecule has 1 N–H and O–H groups in total. The van der Waals surface area contributed by atoms with Crippen LogP contribution in [0.15, 0.2) is 30.3 Å². The standard InChI is InChI=1S/C17H29N3/c1-15(2)19(3)14-11-18-16-9-12-20(13-10-16)17-7-5-4-6-8-17/h4-8,15-16,18H,9-14H2,1-3H3. The van der Waals surface area contributed by atoms with Crippen LogP contribution in [0.1, 0.15) is 26.7 Å². The van der Waals surface area contributed by atoms with Crippen LogP contribution in [-0.2, 0) is 0 Å². The molecule has 0 atom stereocenters. The number of hydrogen-bond acceptors (Lipinski definition) is 3. The molecule has 0 amide bonds. The molecule has 0 radical (unpaired) electrons. The van der Waals surface area contributed by atoms with Gasteiger partial charge in [0, 0.05) is 44.0 Å². The number of hydrogen-bond donors (Lipinski definition) is 1. The Morgan fingerprint density at radius 3 is 2.45 bits per heavy atom. The second-order valence-corrected chi connectivity index (χ2v) is 6.13. The predicted molar refractivity (Wildman–Crippen MR) is 87.4 cm³/mol. The highest BCUT2D eigenvalue weighted by Gasteiger charge is 2.18. The third-order valence-electron chi connectivity index (χ3n) is 4.40. The first-order chi connectivity index (χ1) is 9.66. The van der Waals surface area contributed by atoms with E-state index < -0.39 is 0 Å². The molecule has 20 heavy (non-hydrogen) atoms. The first kappa shape index (κ1) is 15.3. The lowest BCUT2D eigenvalue weighted by atomic mass is 10.0. The molecular weight excluding hydrogens is 246 g/mol. The first-order valence-corrected chi connectivity index (χ1v) is 7.90. The van der Waals surface area contributed by atoms with Gasteiger partial charge in [0.25, 0.3) is 0 Å². The Labute approximate surface area is 124 Å². The van der Waals surface area contributed by atoms with Crippen molar-refractivity contribution in [1.82, 2.24) is 10.2 Å². The number of nitrogens with zero attached hydrogens (tertiary/aromatic N) is 2. The Morgan fingerprint density at radius 2 is 1.85 bits per heavy atom. The number of rotatable bonds is 6. The van der Waals surface area contributed by atoms with Crippen LogP contribution in [-0.4, -0.2) is 50.2 Å². The lowest BCUT2D eigenvalue weighted by molar-refractivity contribution is 0.264. The van der Waals surface area contributed by atoms with Crippen molar-refractivity contribution in [3.63, 3.8) is 0 Å². The maximum absolute atomic E-state index is 3.71. The number of piperidine rings is 1. The number of nitrogens with one attached hydrogen (secondary N) is 1. The summed E-state index contributed by atoms with van der Waals surface area (Å²) in [5.41, 5.74) is 1.37. The fourth-order valence-electron chi connectivity index (χ4n) is 2.68. The number of anilines is 1. The number of benzene rings is 1. The van der Waals surface area contributed by atoms with Gasteiger partial charge in [-0.15, -0.1) is 0 Å². The number of para-hydroxylation sites is 1. The van der Waals surface area contributed by atoms with Crippen molar-refractivity contribution in [2.24, 2.45) is 0 Å². The van der Waals surface area contributed by atoms with Crippen molar-refractivity contribution in [2.75, 3.05) is 38.1 Å². The van der Waals surface area contributed by atoms with Crippen LogP contribution < -0.4 is 10.2 Å². The zero-order valence-electron chi connectivity index (χ0n) is 13.2. The summed E-state index contributed by atoms with van der Waals surface area (Å²) in [6.07, 6.45) is 2.50. The molecule has 0 saturated carbocycles. The van der Waals surface area contributed by atoms with Gasteiger partial charge in [0.2, 0.25) is 0 Å². The maximum atomic E-state index is 3.71. The normalized spacial score (nSPS) is 17.1. The number of likely N-dealkylation sites (N-methyl/N-ethyl adjacent to an activating group) is 1. The van der Waals surface area contributed by atoms with Crippen LogP contribution in [0.25, 0.3) is 0 Å². The Hall–Kier alpha value is -1.06. The van der Waals surface area contributed by atoms with E-state index in [9.17, 15) is 0 Å². The second-order valence-electron chi connectivity index (χ2n) is 6.13. The van der Waals surface area contributed by atoms with Crippen molar-refractivity contribution in [1.29, 1.82) is 0 Å². The molecule has 0 bridgehead atoms. The van der Waals surface area contributed by atoms with E-state index in [1.54, 1.807) is 0 Å². The molecule has 0 unspecified atom stereocenters. The Kier molecular flexibility index (Phi) is 5.86. The van der Waals surface area contributed by atoms with Crippen LogP contribution in [0, 0.1) is 0 Å². The predicted octanol–water partition coefficient (Wildman–Crippen LogP) is 2.59. The van der Waals surface area contributed by atoms with Crippen molar-refractivity contribution in [3.05, 3.63) is 30.3 Å². The van der Waals surface area contributed by atoms with E-state index in [1.807, 2.05) is 0 Å². The molecule has 112 valence electrons. The minimum atomic E-state index is 0.636. The summed E-state index contributed by atoms with van der Waals surface area (Å²) in [5, 5.41) is 3.71. The van der Waals surface area contributed by atoms with Crippen LogP contribution >= 0.6 is 0 Å². The van der Waals surface area contributed by atoms with Gasteiger partial charge in [0.15, 0.2) is 0 Å². The summed E-state index contributed by atoms with van der Waals surface area (Å²) in [6, 6.07) is 12.1. The monoisotopic (exact) mass is 275 g/mol. The smallest absolute Gasteiger partial charge is 0.0366 e. The van der Waals surface area contributed by atoms with Crippen LogP contribution in [0.5, 0.6) is 0 Å². The van der Waals surface area contributed by atoms with Gasteiger partial charge in [0.1, 0.15) is 0 Å². The van der Waals surface area contributed by atoms with E-state index in [1.165, 1.54) is 31.6 Å². The Morgan fingerprint density at radius 1 is 1.20 bits per heavy atom. The minimum absolute atomic E-state index is 0.636. The molecule has 0 spiro atoms. The van der Waals surface area contributed by atoms with Gasteiger partial charge in [-0.2, -0.15) is 0 Å². The van der Waals surface area contributed by atoms with Gasteiger partial charge in [-0.05, 0) is 45.9 Å². The largest absolute Gasteiger partial charge is 0.371 e. The fourth-order valence-corrected chi connectivity index (χ4v) is 2.68. The van der Waals surface area contributed by atoms with Crippen molar-refractivity contribution in [3.8, 4) is 0 Å². The third-order valence-corrected chi connectivity index (χ3v) is 4.40. The van der Waals surface area contributed by atoms with Gasteiger partial charge in [-0.3, -0.25) is 0 Å². The summed E-state index contributed by atoms with van der Waals surface area (Å²) >= 11 is 0. The summed E-state index contributed by atoms with van der Waals surface area (Å²) in [7, 11) is 2.20. The molecule has 1 aliphatic heterocycles. The molecule has 1 aliphatic rings. The summed E-state index contributed by atoms with van der Waals surface area (Å²) in [4.78, 5) is 4.89. The molecule has 1 fully saturated rings. The van der Waals surface area contributed by atoms with E-state index in [0.29, 0.717) is 12.1 Å². The summed E-state index contributed by atoms with van der Waals surface area (Å²) in [6.45, 7) is 9.07. The van der Waals surface area contributed by atoms with Crippen molar-refractivity contribution < 1.29 is 0 Å². The second kappa shape index (κ2) is 7.65. The van der Waals surface area contributed by atoms with Crippen LogP contribution in [0.3, 0.4) is 0 Å². The average molecular weight is 275 g/mol. The quantitative estimate of drug-likeness (QED) is 0.861. The molecule has 1 saturated heterocycles. The zero-order valence-corrected chi connectivity index (χ0v) is 13.2. The molecule has 0 aliphatic carbocycles. The lowest BCUT2D eigenvalue weighted by Gasteiger charge is -2.34. The molecule has 3 heteroatoms. The van der Waals surface area contributed by atoms with E-state index in [2.05, 4.69) is 66.3 Å². The van der Waals surface area contributed by atoms with Gasteiger partial charge in [-0.25, -0.2) is 0 Å². The van der Waals surface area contributed by atoms with E-state index in [-0.39, 0.29) is 0 Å². The molecule has 1 aromatic carbocycles. The van der Waals surface area contributed by atoms with Gasteiger partial charge in [0.05, 0.1) is 0 Å². The van der Waals surface area contributed by atoms with Gasteiger partial charge >= 0.3 is 0 Å². The van der Waals surface area contributed by atoms with Gasteiger partial charge in [-0.1, -0.05) is 18.2 Å². The molecule has 0 aromatic heterocycles. The highest BCUT2D eigenvalue weighted by Crippen LogP contribution is 2.19. The maximum Gasteiger partial charge on any atom is 0.0366 e. The molecule has 1 heterocycles. The zero-order chi connectivity index (χ0) is 14.4. The topological polar surface area (TPSA) is 18.5 Å². The Balaban J connectivity index is 1.67. The average Bonchev–Trinajstić information content (AvgIpc) is 2.48. The highest BCUT2D eigenvalue weighted by molar-refractivity contribution is 5.46. The highest BCUT2D eigenvalue weighted by atomic mass is 15.2. The van der Waals surface area contributed by atoms with Crippen LogP contribution in [0.2, 0.25) is 0 Å². The lowest BCUT2D eigenvalue weighted by Crippen LogP contribution is -2.45. The Bertz CT molecular complexity index is 369. The minimum Gasteiger partial charge on any atom is -0.371 e. The van der Waals surface area contributed by atoms with Crippen molar-refractivity contribution >= 4 is 5.69 Å². The van der Waals surface area contributed by atoms with E-state index in [0.717, 1.165) is 13.1 Å². The van der Waals surface area contributed by atoms with E-state index in [4.69, 9.17) is 0 Å². The van der Waals surface area contributed by atoms with Crippen LogP contribution in [0.4, 0.5) is 5.69 Å². The SMILES string of the molecule is CC(C)N(C)CCNC1CCN(c2ccccc2)CC1. The summed E-state index contributed by atoms with van der Waals surface area (Å²) < 4.78 is 0.